The summed E-state index contributed by atoms with van der Waals surface area (Å²) in [6.45, 7) is 3.60. The standard InChI is InChI=1S/C23H28FN4O6P/c1-14(30)25-18-10-12-27(22(31)26-18)21-19(24)20(16(13-29)32-21)33-35-28-11-6-9-17(28)23(2,34-35)15-7-4-3-5-8-15/h3-5,7-8,10,12,16-17,19-21,29H,6,9,11,13H2,1-2H3,(H,25,26,30,31)/t16-,17-,19+,20?,21-,23+,35-/m1/s1. The molecule has 1 amide bonds. The van der Waals surface area contributed by atoms with E-state index in [1.807, 2.05) is 37.3 Å². The van der Waals surface area contributed by atoms with Crippen LogP contribution in [-0.4, -0.2) is 62.8 Å². The van der Waals surface area contributed by atoms with Crippen molar-refractivity contribution in [3.05, 3.63) is 58.6 Å². The molecule has 3 aliphatic rings. The van der Waals surface area contributed by atoms with E-state index in [4.69, 9.17) is 13.8 Å². The molecule has 0 spiro atoms. The quantitative estimate of drug-likeness (QED) is 0.575. The van der Waals surface area contributed by atoms with Crippen molar-refractivity contribution in [3.8, 4) is 0 Å². The summed E-state index contributed by atoms with van der Waals surface area (Å²) in [7, 11) is -1.63. The van der Waals surface area contributed by atoms with Gasteiger partial charge in [-0.15, -0.1) is 0 Å². The van der Waals surface area contributed by atoms with E-state index in [2.05, 4.69) is 15.0 Å². The van der Waals surface area contributed by atoms with Crippen molar-refractivity contribution in [2.75, 3.05) is 18.5 Å². The molecule has 1 aromatic carbocycles. The van der Waals surface area contributed by atoms with Gasteiger partial charge in [-0.05, 0) is 31.4 Å². The maximum Gasteiger partial charge on any atom is 0.351 e. The maximum absolute atomic E-state index is 15.7. The van der Waals surface area contributed by atoms with E-state index in [-0.39, 0.29) is 17.8 Å². The molecule has 3 aliphatic heterocycles. The van der Waals surface area contributed by atoms with Gasteiger partial charge in [-0.2, -0.15) is 4.98 Å². The second-order valence-corrected chi connectivity index (χ2v) is 10.5. The number of nitrogens with zero attached hydrogens (tertiary/aromatic N) is 3. The van der Waals surface area contributed by atoms with Crippen molar-refractivity contribution in [1.29, 1.82) is 0 Å². The molecular weight excluding hydrogens is 478 g/mol. The van der Waals surface area contributed by atoms with Crippen molar-refractivity contribution < 1.29 is 28.1 Å². The Morgan fingerprint density at radius 1 is 1.37 bits per heavy atom. The van der Waals surface area contributed by atoms with E-state index < -0.39 is 51.0 Å². The third kappa shape index (κ3) is 4.41. The fourth-order valence-electron chi connectivity index (χ4n) is 5.03. The van der Waals surface area contributed by atoms with Gasteiger partial charge in [-0.3, -0.25) is 9.36 Å². The summed E-state index contributed by atoms with van der Waals surface area (Å²) >= 11 is 0. The van der Waals surface area contributed by atoms with Crippen LogP contribution in [0, 0.1) is 0 Å². The summed E-state index contributed by atoms with van der Waals surface area (Å²) in [5.41, 5.74) is -0.373. The Morgan fingerprint density at radius 2 is 2.14 bits per heavy atom. The molecule has 0 bridgehead atoms. The lowest BCUT2D eigenvalue weighted by Gasteiger charge is -2.29. The Hall–Kier alpha value is -2.27. The Bertz CT molecular complexity index is 1140. The van der Waals surface area contributed by atoms with Crippen molar-refractivity contribution in [1.82, 2.24) is 14.2 Å². The Labute approximate surface area is 203 Å². The number of anilines is 1. The number of halogens is 1. The number of carbonyl (C=O) groups is 1. The third-order valence-corrected chi connectivity index (χ3v) is 8.61. The number of aromatic nitrogens is 2. The van der Waals surface area contributed by atoms with Gasteiger partial charge in [0, 0.05) is 19.7 Å². The lowest BCUT2D eigenvalue weighted by Crippen LogP contribution is -2.37. The first-order valence-corrected chi connectivity index (χ1v) is 12.7. The molecule has 3 fully saturated rings. The molecule has 2 aromatic rings. The molecule has 0 saturated carbocycles. The highest BCUT2D eigenvalue weighted by molar-refractivity contribution is 7.45. The van der Waals surface area contributed by atoms with Gasteiger partial charge in [0.1, 0.15) is 23.6 Å². The van der Waals surface area contributed by atoms with Crippen LogP contribution in [0.4, 0.5) is 10.2 Å². The zero-order chi connectivity index (χ0) is 24.7. The molecule has 0 radical (unpaired) electrons. The van der Waals surface area contributed by atoms with Crippen LogP contribution in [0.5, 0.6) is 0 Å². The average Bonchev–Trinajstić information content (AvgIpc) is 3.51. The topological polar surface area (TPSA) is 115 Å². The Balaban J connectivity index is 1.37. The van der Waals surface area contributed by atoms with Crippen molar-refractivity contribution >= 4 is 20.3 Å². The van der Waals surface area contributed by atoms with Gasteiger partial charge in [-0.25, -0.2) is 13.9 Å². The van der Waals surface area contributed by atoms with Crippen LogP contribution < -0.4 is 11.0 Å². The van der Waals surface area contributed by atoms with Crippen LogP contribution in [0.25, 0.3) is 0 Å². The van der Waals surface area contributed by atoms with E-state index >= 15 is 4.39 Å². The lowest BCUT2D eigenvalue weighted by atomic mass is 9.87. The number of fused-ring (bicyclic) bond motifs is 1. The summed E-state index contributed by atoms with van der Waals surface area (Å²) in [4.78, 5) is 27.5. The molecule has 188 valence electrons. The highest BCUT2D eigenvalue weighted by Gasteiger charge is 2.57. The van der Waals surface area contributed by atoms with Gasteiger partial charge in [0.25, 0.3) is 8.53 Å². The average molecular weight is 506 g/mol. The smallest absolute Gasteiger partial charge is 0.351 e. The first kappa shape index (κ1) is 24.4. The highest BCUT2D eigenvalue weighted by Crippen LogP contribution is 2.64. The molecule has 0 aliphatic carbocycles. The first-order chi connectivity index (χ1) is 16.8. The van der Waals surface area contributed by atoms with Crippen LogP contribution in [0.3, 0.4) is 0 Å². The monoisotopic (exact) mass is 506 g/mol. The predicted octanol–water partition coefficient (Wildman–Crippen LogP) is 2.45. The minimum Gasteiger partial charge on any atom is -0.394 e. The number of amides is 1. The molecule has 12 heteroatoms. The number of hydrogen-bond acceptors (Lipinski definition) is 8. The zero-order valence-corrected chi connectivity index (χ0v) is 20.3. The number of aliphatic hydroxyl groups excluding tert-OH is 1. The Kier molecular flexibility index (Phi) is 6.73. The number of aliphatic hydroxyl groups is 1. The number of alkyl halides is 1. The summed E-state index contributed by atoms with van der Waals surface area (Å²) in [6.07, 6.45) is -2.02. The van der Waals surface area contributed by atoms with Gasteiger partial charge in [0.15, 0.2) is 12.4 Å². The van der Waals surface area contributed by atoms with Gasteiger partial charge in [-0.1, -0.05) is 30.3 Å². The van der Waals surface area contributed by atoms with Gasteiger partial charge >= 0.3 is 5.69 Å². The van der Waals surface area contributed by atoms with Crippen LogP contribution >= 0.6 is 8.53 Å². The van der Waals surface area contributed by atoms with Gasteiger partial charge < -0.3 is 24.2 Å². The molecule has 1 unspecified atom stereocenters. The van der Waals surface area contributed by atoms with Crippen LogP contribution in [0.1, 0.15) is 38.5 Å². The predicted molar refractivity (Wildman–Crippen MR) is 125 cm³/mol. The number of benzene rings is 1. The van der Waals surface area contributed by atoms with E-state index in [9.17, 15) is 14.7 Å². The fourth-order valence-corrected chi connectivity index (χ4v) is 7.18. The molecule has 2 N–H and O–H groups in total. The molecule has 1 aromatic heterocycles. The first-order valence-electron chi connectivity index (χ1n) is 11.6. The number of rotatable bonds is 6. The second kappa shape index (κ2) is 9.65. The molecule has 5 rings (SSSR count). The highest BCUT2D eigenvalue weighted by atomic mass is 31.2. The summed E-state index contributed by atoms with van der Waals surface area (Å²) < 4.78 is 37.2. The second-order valence-electron chi connectivity index (χ2n) is 9.07. The molecule has 7 atom stereocenters. The van der Waals surface area contributed by atoms with Crippen LogP contribution in [0.2, 0.25) is 0 Å². The summed E-state index contributed by atoms with van der Waals surface area (Å²) in [6, 6.07) is 11.4. The van der Waals surface area contributed by atoms with Gasteiger partial charge in [0.2, 0.25) is 5.91 Å². The third-order valence-electron chi connectivity index (χ3n) is 6.75. The van der Waals surface area contributed by atoms with Gasteiger partial charge in [0.05, 0.1) is 12.6 Å². The van der Waals surface area contributed by atoms with Crippen molar-refractivity contribution in [2.45, 2.75) is 62.9 Å². The SMILES string of the molecule is CC(=O)Nc1ccn([C@@H]2O[C@H](CO)C(O[P@]3O[C@@](C)(c4ccccc4)[C@H]4CCCN43)[C@@H]2F)c(=O)n1. The normalized spacial score (nSPS) is 34.7. The minimum atomic E-state index is -1.76. The van der Waals surface area contributed by atoms with E-state index in [1.54, 1.807) is 0 Å². The number of hydrogen-bond donors (Lipinski definition) is 2. The van der Waals surface area contributed by atoms with E-state index in [1.165, 1.54) is 19.2 Å². The zero-order valence-electron chi connectivity index (χ0n) is 19.4. The summed E-state index contributed by atoms with van der Waals surface area (Å²) in [5.74, 6) is -0.327. The van der Waals surface area contributed by atoms with Crippen molar-refractivity contribution in [2.24, 2.45) is 0 Å². The molecular formula is C23H28FN4O6P. The molecule has 35 heavy (non-hydrogen) atoms. The Morgan fingerprint density at radius 3 is 2.83 bits per heavy atom. The number of nitrogens with one attached hydrogen (secondary N) is 1. The maximum atomic E-state index is 15.7. The van der Waals surface area contributed by atoms with E-state index in [0.717, 1.165) is 29.5 Å². The number of ether oxygens (including phenoxy) is 1. The molecule has 10 nitrogen and oxygen atoms in total. The van der Waals surface area contributed by atoms with Crippen LogP contribution in [0.15, 0.2) is 47.4 Å². The van der Waals surface area contributed by atoms with E-state index in [0.29, 0.717) is 0 Å². The molecule has 4 heterocycles. The number of carbonyl (C=O) groups excluding carboxylic acids is 1. The fraction of sp³-hybridized carbons (Fsp3) is 0.522. The lowest BCUT2D eigenvalue weighted by molar-refractivity contribution is -0.114. The summed E-state index contributed by atoms with van der Waals surface area (Å²) in [5, 5.41) is 12.3. The minimum absolute atomic E-state index is 0.0572. The largest absolute Gasteiger partial charge is 0.394 e. The van der Waals surface area contributed by atoms with Crippen LogP contribution in [-0.2, 0) is 24.2 Å². The molecule has 3 saturated heterocycles. The van der Waals surface area contributed by atoms with Crippen molar-refractivity contribution in [3.63, 3.8) is 0 Å².